The van der Waals surface area contributed by atoms with Gasteiger partial charge < -0.3 is 14.0 Å². The van der Waals surface area contributed by atoms with Crippen LogP contribution < -0.4 is 0 Å². The van der Waals surface area contributed by atoms with E-state index in [2.05, 4.69) is 9.47 Å². The van der Waals surface area contributed by atoms with Crippen LogP contribution in [-0.4, -0.2) is 30.7 Å². The fraction of sp³-hybridized carbons (Fsp3) is 0.333. The highest BCUT2D eigenvalue weighted by molar-refractivity contribution is 6.03. The van der Waals surface area contributed by atoms with Crippen molar-refractivity contribution in [1.29, 1.82) is 0 Å². The van der Waals surface area contributed by atoms with Gasteiger partial charge in [0, 0.05) is 19.4 Å². The number of nitrogens with zero attached hydrogens (tertiary/aromatic N) is 1. The molecule has 0 aliphatic rings. The molecule has 0 bridgehead atoms. The Kier molecular flexibility index (Phi) is 2.91. The van der Waals surface area contributed by atoms with E-state index in [0.717, 1.165) is 0 Å². The standard InChI is InChI=1S/C9H11NO4/c1-10-4-6(8(11)13-2)7(5-10)9(12)14-3/h4-5H,1-3H3. The van der Waals surface area contributed by atoms with Crippen LogP contribution >= 0.6 is 0 Å². The maximum Gasteiger partial charge on any atom is 0.340 e. The maximum absolute atomic E-state index is 11.2. The Balaban J connectivity index is 3.15. The number of carbonyl (C=O) groups is 2. The molecule has 0 radical (unpaired) electrons. The van der Waals surface area contributed by atoms with Crippen LogP contribution in [0.15, 0.2) is 12.4 Å². The van der Waals surface area contributed by atoms with Crippen molar-refractivity contribution >= 4 is 11.9 Å². The normalized spacial score (nSPS) is 9.64. The molecule has 76 valence electrons. The third kappa shape index (κ3) is 1.76. The first-order valence-corrected chi connectivity index (χ1v) is 3.92. The highest BCUT2D eigenvalue weighted by Gasteiger charge is 2.20. The molecule has 0 spiro atoms. The van der Waals surface area contributed by atoms with Crippen LogP contribution in [0.4, 0.5) is 0 Å². The Morgan fingerprint density at radius 1 is 1.07 bits per heavy atom. The first-order chi connectivity index (χ1) is 6.60. The molecule has 0 atom stereocenters. The summed E-state index contributed by atoms with van der Waals surface area (Å²) in [6.45, 7) is 0. The lowest BCUT2D eigenvalue weighted by Crippen LogP contribution is -2.08. The van der Waals surface area contributed by atoms with E-state index in [1.807, 2.05) is 0 Å². The smallest absolute Gasteiger partial charge is 0.340 e. The molecular weight excluding hydrogens is 186 g/mol. The summed E-state index contributed by atoms with van der Waals surface area (Å²) in [5, 5.41) is 0. The van der Waals surface area contributed by atoms with Crippen LogP contribution in [0.2, 0.25) is 0 Å². The molecule has 0 aromatic carbocycles. The van der Waals surface area contributed by atoms with Crippen molar-refractivity contribution < 1.29 is 19.1 Å². The average molecular weight is 197 g/mol. The monoisotopic (exact) mass is 197 g/mol. The van der Waals surface area contributed by atoms with E-state index >= 15 is 0 Å². The van der Waals surface area contributed by atoms with Crippen molar-refractivity contribution in [2.75, 3.05) is 14.2 Å². The van der Waals surface area contributed by atoms with Gasteiger partial charge in [-0.1, -0.05) is 0 Å². The molecule has 1 rings (SSSR count). The molecule has 0 fully saturated rings. The number of hydrogen-bond acceptors (Lipinski definition) is 4. The Labute approximate surface area is 81.2 Å². The summed E-state index contributed by atoms with van der Waals surface area (Å²) in [6, 6.07) is 0. The molecule has 0 N–H and O–H groups in total. The van der Waals surface area contributed by atoms with Gasteiger partial charge in [-0.25, -0.2) is 9.59 Å². The molecule has 0 amide bonds. The third-order valence-electron chi connectivity index (χ3n) is 1.77. The molecule has 5 heteroatoms. The van der Waals surface area contributed by atoms with E-state index in [-0.39, 0.29) is 11.1 Å². The van der Waals surface area contributed by atoms with Crippen molar-refractivity contribution in [2.45, 2.75) is 0 Å². The van der Waals surface area contributed by atoms with Crippen molar-refractivity contribution in [1.82, 2.24) is 4.57 Å². The summed E-state index contributed by atoms with van der Waals surface area (Å²) < 4.78 is 10.6. The van der Waals surface area contributed by atoms with Gasteiger partial charge in [-0.15, -0.1) is 0 Å². The highest BCUT2D eigenvalue weighted by atomic mass is 16.5. The van der Waals surface area contributed by atoms with E-state index in [1.165, 1.54) is 26.6 Å². The first kappa shape index (κ1) is 10.3. The SMILES string of the molecule is COC(=O)c1cn(C)cc1C(=O)OC. The molecular formula is C9H11NO4. The Morgan fingerprint density at radius 3 is 1.71 bits per heavy atom. The Bertz CT molecular complexity index is 333. The number of methoxy groups -OCH3 is 2. The highest BCUT2D eigenvalue weighted by Crippen LogP contribution is 2.12. The predicted octanol–water partition coefficient (Wildman–Crippen LogP) is 0.598. The average Bonchev–Trinajstić information content (AvgIpc) is 2.58. The van der Waals surface area contributed by atoms with Gasteiger partial charge >= 0.3 is 11.9 Å². The number of hydrogen-bond donors (Lipinski definition) is 0. The van der Waals surface area contributed by atoms with Crippen molar-refractivity contribution in [3.05, 3.63) is 23.5 Å². The topological polar surface area (TPSA) is 57.5 Å². The second-order valence-corrected chi connectivity index (χ2v) is 2.73. The second kappa shape index (κ2) is 3.95. The lowest BCUT2D eigenvalue weighted by molar-refractivity contribution is 0.0556. The zero-order valence-corrected chi connectivity index (χ0v) is 8.23. The van der Waals surface area contributed by atoms with Gasteiger partial charge in [0.05, 0.1) is 25.3 Å². The summed E-state index contributed by atoms with van der Waals surface area (Å²) in [5.74, 6) is -1.10. The van der Waals surface area contributed by atoms with Crippen molar-refractivity contribution in [3.8, 4) is 0 Å². The number of aryl methyl sites for hydroxylation is 1. The minimum Gasteiger partial charge on any atom is -0.465 e. The summed E-state index contributed by atoms with van der Waals surface area (Å²) in [6.07, 6.45) is 3.02. The van der Waals surface area contributed by atoms with Crippen LogP contribution in [-0.2, 0) is 16.5 Å². The summed E-state index contributed by atoms with van der Waals surface area (Å²) in [5.41, 5.74) is 0.420. The fourth-order valence-corrected chi connectivity index (χ4v) is 1.13. The molecule has 5 nitrogen and oxygen atoms in total. The van der Waals surface area contributed by atoms with Crippen LogP contribution in [0.5, 0.6) is 0 Å². The number of esters is 2. The second-order valence-electron chi connectivity index (χ2n) is 2.73. The van der Waals surface area contributed by atoms with Crippen LogP contribution in [0.1, 0.15) is 20.7 Å². The molecule has 1 aromatic rings. The van der Waals surface area contributed by atoms with Crippen molar-refractivity contribution in [3.63, 3.8) is 0 Å². The molecule has 0 unspecified atom stereocenters. The Morgan fingerprint density at radius 2 is 1.43 bits per heavy atom. The lowest BCUT2D eigenvalue weighted by atomic mass is 10.2. The fourth-order valence-electron chi connectivity index (χ4n) is 1.13. The molecule has 0 saturated carbocycles. The largest absolute Gasteiger partial charge is 0.465 e. The molecule has 0 aliphatic heterocycles. The third-order valence-corrected chi connectivity index (χ3v) is 1.77. The van der Waals surface area contributed by atoms with Gasteiger partial charge in [-0.2, -0.15) is 0 Å². The lowest BCUT2D eigenvalue weighted by Gasteiger charge is -1.99. The van der Waals surface area contributed by atoms with Crippen LogP contribution in [0, 0.1) is 0 Å². The van der Waals surface area contributed by atoms with Gasteiger partial charge in [-0.3, -0.25) is 0 Å². The number of carbonyl (C=O) groups excluding carboxylic acids is 2. The predicted molar refractivity (Wildman–Crippen MR) is 48.1 cm³/mol. The first-order valence-electron chi connectivity index (χ1n) is 3.92. The summed E-state index contributed by atoms with van der Waals surface area (Å²) in [7, 11) is 4.23. The molecule has 1 aromatic heterocycles. The van der Waals surface area contributed by atoms with E-state index in [0.29, 0.717) is 0 Å². The molecule has 0 saturated heterocycles. The zero-order valence-electron chi connectivity index (χ0n) is 8.23. The Hall–Kier alpha value is -1.78. The maximum atomic E-state index is 11.2. The molecule has 0 aliphatic carbocycles. The minimum absolute atomic E-state index is 0.210. The molecule has 14 heavy (non-hydrogen) atoms. The zero-order chi connectivity index (χ0) is 10.7. The van der Waals surface area contributed by atoms with Gasteiger partial charge in [0.15, 0.2) is 0 Å². The quantitative estimate of drug-likeness (QED) is 0.651. The summed E-state index contributed by atoms with van der Waals surface area (Å²) in [4.78, 5) is 22.4. The van der Waals surface area contributed by atoms with Gasteiger partial charge in [0.2, 0.25) is 0 Å². The number of rotatable bonds is 2. The van der Waals surface area contributed by atoms with Crippen LogP contribution in [0.3, 0.4) is 0 Å². The van der Waals surface area contributed by atoms with E-state index < -0.39 is 11.9 Å². The molecule has 1 heterocycles. The van der Waals surface area contributed by atoms with Crippen molar-refractivity contribution in [2.24, 2.45) is 7.05 Å². The number of ether oxygens (including phenoxy) is 2. The number of aromatic nitrogens is 1. The van der Waals surface area contributed by atoms with Gasteiger partial charge in [0.25, 0.3) is 0 Å². The van der Waals surface area contributed by atoms with E-state index in [4.69, 9.17) is 0 Å². The summed E-state index contributed by atoms with van der Waals surface area (Å²) >= 11 is 0. The van der Waals surface area contributed by atoms with Gasteiger partial charge in [-0.05, 0) is 0 Å². The van der Waals surface area contributed by atoms with E-state index in [9.17, 15) is 9.59 Å². The van der Waals surface area contributed by atoms with Gasteiger partial charge in [0.1, 0.15) is 0 Å². The minimum atomic E-state index is -0.550. The van der Waals surface area contributed by atoms with E-state index in [1.54, 1.807) is 11.6 Å². The van der Waals surface area contributed by atoms with Crippen LogP contribution in [0.25, 0.3) is 0 Å².